The number of hydrogen-bond acceptors (Lipinski definition) is 6. The topological polar surface area (TPSA) is 109 Å². The van der Waals surface area contributed by atoms with E-state index in [4.69, 9.17) is 10.00 Å². The summed E-state index contributed by atoms with van der Waals surface area (Å²) in [5.74, 6) is -0.302. The number of unbranched alkanes of at least 4 members (excludes halogenated alkanes) is 1. The molecule has 0 saturated heterocycles. The minimum atomic E-state index is -0.848. The fourth-order valence-electron chi connectivity index (χ4n) is 2.61. The third-order valence-electron chi connectivity index (χ3n) is 3.78. The summed E-state index contributed by atoms with van der Waals surface area (Å²) in [5, 5.41) is 19.7. The maximum Gasteiger partial charge on any atom is 0.366 e. The number of pyridine rings is 1. The molecule has 2 aromatic rings. The van der Waals surface area contributed by atoms with Gasteiger partial charge in [-0.25, -0.2) is 0 Å². The average molecular weight is 338 g/mol. The molecule has 0 N–H and O–H groups in total. The summed E-state index contributed by atoms with van der Waals surface area (Å²) in [5.41, 5.74) is 0.682. The molecule has 1 amide bonds. The van der Waals surface area contributed by atoms with Crippen molar-refractivity contribution in [2.45, 2.75) is 18.9 Å². The molecule has 1 aliphatic heterocycles. The van der Waals surface area contributed by atoms with Gasteiger partial charge in [-0.1, -0.05) is 30.3 Å². The third kappa shape index (κ3) is 3.26. The van der Waals surface area contributed by atoms with Crippen molar-refractivity contribution >= 4 is 17.5 Å². The second-order valence-corrected chi connectivity index (χ2v) is 5.41. The highest BCUT2D eigenvalue weighted by Crippen LogP contribution is 2.38. The van der Waals surface area contributed by atoms with Crippen LogP contribution in [0.15, 0.2) is 42.5 Å². The molecule has 1 aromatic carbocycles. The predicted molar refractivity (Wildman–Crippen MR) is 87.9 cm³/mol. The molecule has 1 atom stereocenters. The number of carbonyl (C=O) groups is 1. The van der Waals surface area contributed by atoms with Gasteiger partial charge >= 0.3 is 5.82 Å². The lowest BCUT2D eigenvalue weighted by Gasteiger charge is -2.31. The fraction of sp³-hybridized carbons (Fsp3) is 0.235. The Bertz CT molecular complexity index is 847. The summed E-state index contributed by atoms with van der Waals surface area (Å²) in [7, 11) is 0. The summed E-state index contributed by atoms with van der Waals surface area (Å²) >= 11 is 0. The van der Waals surface area contributed by atoms with Crippen LogP contribution in [0, 0.1) is 21.4 Å². The van der Waals surface area contributed by atoms with Crippen LogP contribution in [0.5, 0.6) is 5.75 Å². The van der Waals surface area contributed by atoms with E-state index in [1.54, 1.807) is 24.3 Å². The van der Waals surface area contributed by atoms with E-state index >= 15 is 0 Å². The number of ether oxygens (including phenoxy) is 1. The van der Waals surface area contributed by atoms with Gasteiger partial charge in [0.15, 0.2) is 5.75 Å². The molecule has 0 spiro atoms. The number of anilines is 1. The summed E-state index contributed by atoms with van der Waals surface area (Å²) in [4.78, 5) is 28.5. The molecule has 1 aromatic heterocycles. The Morgan fingerprint density at radius 1 is 1.28 bits per heavy atom. The van der Waals surface area contributed by atoms with Crippen molar-refractivity contribution in [2.24, 2.45) is 0 Å². The number of nitro groups is 1. The number of amides is 1. The molecule has 25 heavy (non-hydrogen) atoms. The zero-order valence-corrected chi connectivity index (χ0v) is 13.2. The Hall–Kier alpha value is -3.47. The first-order chi connectivity index (χ1) is 12.1. The summed E-state index contributed by atoms with van der Waals surface area (Å²) in [6.07, 6.45) is -0.141. The maximum atomic E-state index is 12.9. The Balaban J connectivity index is 2.01. The highest BCUT2D eigenvalue weighted by molar-refractivity contribution is 5.99. The quantitative estimate of drug-likeness (QED) is 0.471. The molecule has 126 valence electrons. The normalized spacial score (nSPS) is 15.9. The van der Waals surface area contributed by atoms with E-state index in [0.29, 0.717) is 17.7 Å². The van der Waals surface area contributed by atoms with Crippen molar-refractivity contribution < 1.29 is 14.5 Å². The highest BCUT2D eigenvalue weighted by Gasteiger charge is 2.39. The first-order valence-electron chi connectivity index (χ1n) is 7.67. The molecule has 1 unspecified atom stereocenters. The molecular formula is C17H14N4O4. The second-order valence-electron chi connectivity index (χ2n) is 5.41. The van der Waals surface area contributed by atoms with Crippen LogP contribution in [0.1, 0.15) is 24.5 Å². The van der Waals surface area contributed by atoms with Crippen molar-refractivity contribution in [3.63, 3.8) is 0 Å². The number of rotatable bonds is 5. The number of hydrogen-bond donors (Lipinski definition) is 0. The number of benzene rings is 1. The highest BCUT2D eigenvalue weighted by atomic mass is 16.6. The van der Waals surface area contributed by atoms with E-state index in [2.05, 4.69) is 4.98 Å². The molecule has 0 radical (unpaired) electrons. The standard InChI is InChI=1S/C17H14N4O4/c18-10-4-5-11-20-16-13(8-9-14(19-16)21(23)24)25-15(17(20)22)12-6-2-1-3-7-12/h1-3,6-9,15H,4-5,11H2. The van der Waals surface area contributed by atoms with E-state index in [1.165, 1.54) is 17.0 Å². The van der Waals surface area contributed by atoms with Crippen molar-refractivity contribution in [3.05, 3.63) is 58.1 Å². The molecule has 1 aliphatic rings. The van der Waals surface area contributed by atoms with Crippen LogP contribution in [0.4, 0.5) is 11.6 Å². The number of nitriles is 1. The van der Waals surface area contributed by atoms with Crippen LogP contribution < -0.4 is 9.64 Å². The number of fused-ring (bicyclic) bond motifs is 1. The van der Waals surface area contributed by atoms with E-state index < -0.39 is 11.0 Å². The van der Waals surface area contributed by atoms with Crippen LogP contribution in [0.25, 0.3) is 0 Å². The van der Waals surface area contributed by atoms with E-state index in [-0.39, 0.29) is 30.5 Å². The first kappa shape index (κ1) is 16.4. The third-order valence-corrected chi connectivity index (χ3v) is 3.78. The lowest BCUT2D eigenvalue weighted by atomic mass is 10.1. The molecule has 0 aliphatic carbocycles. The predicted octanol–water partition coefficient (Wildman–Crippen LogP) is 2.76. The van der Waals surface area contributed by atoms with Gasteiger partial charge in [-0.15, -0.1) is 0 Å². The summed E-state index contributed by atoms with van der Waals surface area (Å²) < 4.78 is 5.76. The van der Waals surface area contributed by atoms with Crippen molar-refractivity contribution in [1.82, 2.24) is 4.98 Å². The van der Waals surface area contributed by atoms with Gasteiger partial charge in [0.2, 0.25) is 6.10 Å². The van der Waals surface area contributed by atoms with Gasteiger partial charge in [0, 0.05) is 24.6 Å². The van der Waals surface area contributed by atoms with Gasteiger partial charge in [0.1, 0.15) is 0 Å². The molecular weight excluding hydrogens is 324 g/mol. The van der Waals surface area contributed by atoms with Gasteiger partial charge in [0.25, 0.3) is 11.7 Å². The molecule has 0 bridgehead atoms. The zero-order valence-electron chi connectivity index (χ0n) is 13.2. The van der Waals surface area contributed by atoms with Crippen molar-refractivity contribution in [3.8, 4) is 11.8 Å². The van der Waals surface area contributed by atoms with Crippen LogP contribution in [0.3, 0.4) is 0 Å². The van der Waals surface area contributed by atoms with Crippen molar-refractivity contribution in [2.75, 3.05) is 11.4 Å². The van der Waals surface area contributed by atoms with Gasteiger partial charge in [-0.05, 0) is 22.4 Å². The van der Waals surface area contributed by atoms with E-state index in [1.807, 2.05) is 12.1 Å². The van der Waals surface area contributed by atoms with Gasteiger partial charge in [0.05, 0.1) is 6.07 Å². The fourth-order valence-corrected chi connectivity index (χ4v) is 2.61. The second kappa shape index (κ2) is 6.97. The van der Waals surface area contributed by atoms with Gasteiger partial charge in [-0.2, -0.15) is 5.26 Å². The SMILES string of the molecule is N#CCCCN1C(=O)C(c2ccccc2)Oc2ccc([N+](=O)[O-])nc21. The molecule has 0 saturated carbocycles. The number of aromatic nitrogens is 1. The molecule has 3 rings (SSSR count). The van der Waals surface area contributed by atoms with E-state index in [0.717, 1.165) is 0 Å². The van der Waals surface area contributed by atoms with Crippen LogP contribution in [0.2, 0.25) is 0 Å². The number of carbonyl (C=O) groups excluding carboxylic acids is 1. The minimum Gasteiger partial charge on any atom is -0.469 e. The molecule has 0 fully saturated rings. The zero-order chi connectivity index (χ0) is 17.8. The smallest absolute Gasteiger partial charge is 0.366 e. The number of nitrogens with zero attached hydrogens (tertiary/aromatic N) is 4. The lowest BCUT2D eigenvalue weighted by Crippen LogP contribution is -2.42. The van der Waals surface area contributed by atoms with Gasteiger partial charge < -0.3 is 14.9 Å². The van der Waals surface area contributed by atoms with Crippen LogP contribution >= 0.6 is 0 Å². The Kier molecular flexibility index (Phi) is 4.57. The Labute approximate surface area is 143 Å². The van der Waals surface area contributed by atoms with E-state index in [9.17, 15) is 14.9 Å². The Morgan fingerprint density at radius 2 is 2.04 bits per heavy atom. The minimum absolute atomic E-state index is 0.115. The Morgan fingerprint density at radius 3 is 2.72 bits per heavy atom. The average Bonchev–Trinajstić information content (AvgIpc) is 2.63. The summed E-state index contributed by atoms with van der Waals surface area (Å²) in [6, 6.07) is 13.7. The largest absolute Gasteiger partial charge is 0.469 e. The summed E-state index contributed by atoms with van der Waals surface area (Å²) in [6.45, 7) is 0.236. The van der Waals surface area contributed by atoms with Crippen LogP contribution in [-0.2, 0) is 4.79 Å². The maximum absolute atomic E-state index is 12.9. The van der Waals surface area contributed by atoms with Crippen molar-refractivity contribution in [1.29, 1.82) is 5.26 Å². The van der Waals surface area contributed by atoms with Gasteiger partial charge in [-0.3, -0.25) is 9.69 Å². The lowest BCUT2D eigenvalue weighted by molar-refractivity contribution is -0.389. The molecule has 2 heterocycles. The van der Waals surface area contributed by atoms with Crippen LogP contribution in [-0.4, -0.2) is 22.4 Å². The first-order valence-corrected chi connectivity index (χ1v) is 7.67. The molecule has 8 nitrogen and oxygen atoms in total. The molecule has 8 heteroatoms. The monoisotopic (exact) mass is 338 g/mol.